The average Bonchev–Trinajstić information content (AvgIpc) is 2.45. The molecule has 3 rings (SSSR count). The molecule has 71 valence electrons. The lowest BCUT2D eigenvalue weighted by Gasteiger charge is -2.28. The van der Waals surface area contributed by atoms with Crippen LogP contribution in [0.2, 0.25) is 5.02 Å². The molecule has 1 radical (unpaired) electrons. The summed E-state index contributed by atoms with van der Waals surface area (Å²) in [5, 5.41) is 1.80. The molecule has 3 heteroatoms. The molecule has 1 aromatic heterocycles. The molecule has 1 unspecified atom stereocenters. The van der Waals surface area contributed by atoms with E-state index in [0.717, 1.165) is 29.0 Å². The first-order valence-electron chi connectivity index (χ1n) is 4.64. The lowest BCUT2D eigenvalue weighted by Crippen LogP contribution is -2.23. The van der Waals surface area contributed by atoms with Crippen LogP contribution in [0.15, 0.2) is 24.4 Å². The molecule has 14 heavy (non-hydrogen) atoms. The van der Waals surface area contributed by atoms with E-state index in [-0.39, 0.29) is 6.23 Å². The largest absolute Gasteiger partial charge is 0.358 e. The van der Waals surface area contributed by atoms with Gasteiger partial charge >= 0.3 is 0 Å². The zero-order valence-corrected chi connectivity index (χ0v) is 8.29. The molecule has 1 aliphatic heterocycles. The third kappa shape index (κ3) is 1.15. The van der Waals surface area contributed by atoms with Crippen LogP contribution in [-0.4, -0.2) is 11.2 Å². The van der Waals surface area contributed by atoms with Gasteiger partial charge in [-0.05, 0) is 18.2 Å². The van der Waals surface area contributed by atoms with Crippen LogP contribution in [0.4, 0.5) is 0 Å². The van der Waals surface area contributed by atoms with E-state index in [9.17, 15) is 0 Å². The molecular formula is C11H9ClNO. The van der Waals surface area contributed by atoms with Crippen molar-refractivity contribution in [2.24, 2.45) is 0 Å². The number of halogens is 1. The average molecular weight is 207 g/mol. The van der Waals surface area contributed by atoms with Gasteiger partial charge < -0.3 is 9.30 Å². The summed E-state index contributed by atoms with van der Waals surface area (Å²) in [7, 11) is 0. The normalized spacial score (nSPS) is 21.1. The van der Waals surface area contributed by atoms with Gasteiger partial charge in [0.25, 0.3) is 0 Å². The standard InChI is InChI=1S/C11H9ClNO/c12-9-1-2-10-8(7-9)3-5-13(10)11-4-6-14-11/h1-2,5,7,11H,4,6H2. The van der Waals surface area contributed by atoms with Crippen molar-refractivity contribution in [1.29, 1.82) is 0 Å². The number of hydrogen-bond acceptors (Lipinski definition) is 1. The Morgan fingerprint density at radius 1 is 1.50 bits per heavy atom. The number of rotatable bonds is 1. The fourth-order valence-corrected chi connectivity index (χ4v) is 1.91. The summed E-state index contributed by atoms with van der Waals surface area (Å²) in [5.74, 6) is 0. The van der Waals surface area contributed by atoms with E-state index in [1.165, 1.54) is 0 Å². The molecule has 0 saturated carbocycles. The molecule has 2 heterocycles. The predicted octanol–water partition coefficient (Wildman–Crippen LogP) is 3.01. The monoisotopic (exact) mass is 206 g/mol. The lowest BCUT2D eigenvalue weighted by molar-refractivity contribution is -0.0968. The second kappa shape index (κ2) is 3.01. The highest BCUT2D eigenvalue weighted by Gasteiger charge is 2.20. The number of aromatic nitrogens is 1. The van der Waals surface area contributed by atoms with Crippen LogP contribution < -0.4 is 0 Å². The Morgan fingerprint density at radius 3 is 3.07 bits per heavy atom. The van der Waals surface area contributed by atoms with E-state index in [1.54, 1.807) is 0 Å². The highest BCUT2D eigenvalue weighted by molar-refractivity contribution is 6.31. The summed E-state index contributed by atoms with van der Waals surface area (Å²) in [6, 6.07) is 9.00. The number of ether oxygens (including phenoxy) is 1. The van der Waals surface area contributed by atoms with Crippen LogP contribution >= 0.6 is 11.6 Å². The summed E-state index contributed by atoms with van der Waals surface area (Å²) in [6.45, 7) is 0.859. The maximum absolute atomic E-state index is 5.89. The van der Waals surface area contributed by atoms with Crippen molar-refractivity contribution in [3.05, 3.63) is 35.5 Å². The van der Waals surface area contributed by atoms with Gasteiger partial charge in [0, 0.05) is 29.1 Å². The van der Waals surface area contributed by atoms with Crippen LogP contribution in [0.1, 0.15) is 12.6 Å². The van der Waals surface area contributed by atoms with E-state index in [2.05, 4.69) is 10.6 Å². The third-order valence-electron chi connectivity index (χ3n) is 2.58. The van der Waals surface area contributed by atoms with Gasteiger partial charge in [-0.3, -0.25) is 0 Å². The molecule has 1 fully saturated rings. The molecule has 0 N–H and O–H groups in total. The Labute approximate surface area is 87.0 Å². The third-order valence-corrected chi connectivity index (χ3v) is 2.82. The smallest absolute Gasteiger partial charge is 0.136 e. The highest BCUT2D eigenvalue weighted by Crippen LogP contribution is 2.29. The minimum Gasteiger partial charge on any atom is -0.358 e. The molecule has 0 spiro atoms. The van der Waals surface area contributed by atoms with Crippen LogP contribution in [-0.2, 0) is 4.74 Å². The Bertz CT molecular complexity index is 473. The van der Waals surface area contributed by atoms with Gasteiger partial charge in [-0.1, -0.05) is 11.6 Å². The van der Waals surface area contributed by atoms with Crippen molar-refractivity contribution in [2.45, 2.75) is 12.6 Å². The Morgan fingerprint density at radius 2 is 2.36 bits per heavy atom. The summed E-state index contributed by atoms with van der Waals surface area (Å²) < 4.78 is 7.53. The summed E-state index contributed by atoms with van der Waals surface area (Å²) in [6.07, 6.45) is 3.22. The first kappa shape index (κ1) is 8.33. The van der Waals surface area contributed by atoms with Gasteiger partial charge in [0.2, 0.25) is 0 Å². The molecule has 0 aliphatic carbocycles. The van der Waals surface area contributed by atoms with Gasteiger partial charge in [0.1, 0.15) is 6.23 Å². The minimum absolute atomic E-state index is 0.199. The van der Waals surface area contributed by atoms with Gasteiger partial charge in [0.15, 0.2) is 0 Å². The van der Waals surface area contributed by atoms with Crippen LogP contribution in [0.5, 0.6) is 0 Å². The second-order valence-electron chi connectivity index (χ2n) is 3.46. The van der Waals surface area contributed by atoms with E-state index < -0.39 is 0 Å². The van der Waals surface area contributed by atoms with Crippen molar-refractivity contribution in [1.82, 2.24) is 4.57 Å². The number of benzene rings is 1. The van der Waals surface area contributed by atoms with E-state index in [4.69, 9.17) is 16.3 Å². The van der Waals surface area contributed by atoms with Gasteiger partial charge in [-0.15, -0.1) is 0 Å². The van der Waals surface area contributed by atoms with Crippen molar-refractivity contribution < 1.29 is 4.74 Å². The van der Waals surface area contributed by atoms with Gasteiger partial charge in [-0.25, -0.2) is 0 Å². The molecule has 2 aromatic rings. The SMILES string of the molecule is Clc1ccc2c([c]cn2C2CCO2)c1. The van der Waals surface area contributed by atoms with Crippen molar-refractivity contribution in [3.8, 4) is 0 Å². The van der Waals surface area contributed by atoms with Crippen LogP contribution in [0.3, 0.4) is 0 Å². The Kier molecular flexibility index (Phi) is 1.79. The molecule has 1 aromatic carbocycles. The van der Waals surface area contributed by atoms with Crippen LogP contribution in [0, 0.1) is 6.07 Å². The molecule has 0 bridgehead atoms. The number of nitrogens with zero attached hydrogens (tertiary/aromatic N) is 1. The van der Waals surface area contributed by atoms with Gasteiger partial charge in [-0.2, -0.15) is 0 Å². The molecule has 1 saturated heterocycles. The second-order valence-corrected chi connectivity index (χ2v) is 3.89. The molecule has 0 amide bonds. The summed E-state index contributed by atoms with van der Waals surface area (Å²) in [4.78, 5) is 0. The lowest BCUT2D eigenvalue weighted by atomic mass is 10.2. The fraction of sp³-hybridized carbons (Fsp3) is 0.273. The fourth-order valence-electron chi connectivity index (χ4n) is 1.74. The quantitative estimate of drug-likeness (QED) is 0.700. The zero-order chi connectivity index (χ0) is 9.54. The van der Waals surface area contributed by atoms with Crippen molar-refractivity contribution in [3.63, 3.8) is 0 Å². The predicted molar refractivity (Wildman–Crippen MR) is 55.4 cm³/mol. The Hall–Kier alpha value is -0.990. The number of hydrogen-bond donors (Lipinski definition) is 0. The first-order valence-corrected chi connectivity index (χ1v) is 5.02. The highest BCUT2D eigenvalue weighted by atomic mass is 35.5. The van der Waals surface area contributed by atoms with E-state index in [1.807, 2.05) is 24.4 Å². The van der Waals surface area contributed by atoms with E-state index in [0.29, 0.717) is 0 Å². The van der Waals surface area contributed by atoms with E-state index >= 15 is 0 Å². The number of fused-ring (bicyclic) bond motifs is 1. The molecule has 1 atom stereocenters. The van der Waals surface area contributed by atoms with Gasteiger partial charge in [0.05, 0.1) is 12.1 Å². The zero-order valence-electron chi connectivity index (χ0n) is 7.53. The molecule has 1 aliphatic rings. The van der Waals surface area contributed by atoms with Crippen LogP contribution in [0.25, 0.3) is 10.9 Å². The molecular weight excluding hydrogens is 198 g/mol. The molecule has 2 nitrogen and oxygen atoms in total. The Balaban J connectivity index is 2.16. The first-order chi connectivity index (χ1) is 6.84. The topological polar surface area (TPSA) is 14.2 Å². The van der Waals surface area contributed by atoms with Crippen molar-refractivity contribution in [2.75, 3.05) is 6.61 Å². The minimum atomic E-state index is 0.199. The van der Waals surface area contributed by atoms with Crippen molar-refractivity contribution >= 4 is 22.5 Å². The maximum atomic E-state index is 5.89. The summed E-state index contributed by atoms with van der Waals surface area (Å²) in [5.41, 5.74) is 1.14. The maximum Gasteiger partial charge on any atom is 0.136 e. The summed E-state index contributed by atoms with van der Waals surface area (Å²) >= 11 is 5.89.